The molecule has 6 atom stereocenters. The lowest BCUT2D eigenvalue weighted by Gasteiger charge is -2.40. The fourth-order valence-corrected chi connectivity index (χ4v) is 7.80. The minimum Gasteiger partial charge on any atom is -0.462 e. The van der Waals surface area contributed by atoms with Gasteiger partial charge in [0.05, 0.1) is 6.61 Å². The number of aliphatic hydroxyl groups excluding tert-OH is 3. The van der Waals surface area contributed by atoms with Crippen LogP contribution in [0.5, 0.6) is 0 Å². The van der Waals surface area contributed by atoms with Crippen molar-refractivity contribution in [3.05, 3.63) is 24.3 Å². The molecular formula is C46H84O12S. The summed E-state index contributed by atoms with van der Waals surface area (Å²) in [7, 11) is -4.60. The van der Waals surface area contributed by atoms with Crippen molar-refractivity contribution in [2.24, 2.45) is 0 Å². The van der Waals surface area contributed by atoms with Gasteiger partial charge in [-0.3, -0.25) is 14.1 Å². The van der Waals surface area contributed by atoms with E-state index < -0.39 is 71.2 Å². The van der Waals surface area contributed by atoms with Crippen LogP contribution >= 0.6 is 0 Å². The number of unbranched alkanes of at least 4 members (excludes halogenated alkanes) is 23. The molecule has 1 fully saturated rings. The second-order valence-corrected chi connectivity index (χ2v) is 17.9. The quantitative estimate of drug-likeness (QED) is 0.0199. The third-order valence-corrected chi connectivity index (χ3v) is 11.5. The molecular weight excluding hydrogens is 777 g/mol. The Morgan fingerprint density at radius 2 is 1.00 bits per heavy atom. The second kappa shape index (κ2) is 36.8. The van der Waals surface area contributed by atoms with Crippen LogP contribution in [0, 0.1) is 0 Å². The first-order chi connectivity index (χ1) is 28.5. The van der Waals surface area contributed by atoms with Gasteiger partial charge in [0.1, 0.15) is 36.8 Å². The third kappa shape index (κ3) is 31.6. The molecule has 0 aliphatic carbocycles. The molecule has 0 aromatic carbocycles. The summed E-state index contributed by atoms with van der Waals surface area (Å²) in [6.07, 6.45) is 31.2. The smallest absolute Gasteiger partial charge is 0.306 e. The number of allylic oxidation sites excluding steroid dienone is 4. The Morgan fingerprint density at radius 1 is 0.559 bits per heavy atom. The normalized spacial score (nSPS) is 20.4. The fraction of sp³-hybridized carbons (Fsp3) is 0.870. The summed E-state index contributed by atoms with van der Waals surface area (Å²) in [6.45, 7) is 3.70. The molecule has 4 N–H and O–H groups in total. The molecule has 1 aliphatic heterocycles. The molecule has 0 saturated carbocycles. The van der Waals surface area contributed by atoms with E-state index in [4.69, 9.17) is 18.9 Å². The topological polar surface area (TPSA) is 186 Å². The number of ether oxygens (including phenoxy) is 4. The Kier molecular flexibility index (Phi) is 34.4. The molecule has 59 heavy (non-hydrogen) atoms. The molecule has 0 bridgehead atoms. The first kappa shape index (κ1) is 55.1. The largest absolute Gasteiger partial charge is 0.462 e. The number of hydrogen-bond acceptors (Lipinski definition) is 11. The van der Waals surface area contributed by atoms with Gasteiger partial charge < -0.3 is 34.3 Å². The maximum absolute atomic E-state index is 12.8. The highest BCUT2D eigenvalue weighted by atomic mass is 32.2. The Morgan fingerprint density at radius 3 is 1.51 bits per heavy atom. The van der Waals surface area contributed by atoms with Crippen molar-refractivity contribution in [2.45, 2.75) is 237 Å². The number of aliphatic hydroxyl groups is 3. The Hall–Kier alpha value is -1.87. The van der Waals surface area contributed by atoms with Crippen LogP contribution < -0.4 is 0 Å². The number of carbonyl (C=O) groups is 2. The molecule has 1 saturated heterocycles. The molecule has 346 valence electrons. The first-order valence-corrected chi connectivity index (χ1v) is 25.0. The molecule has 0 spiro atoms. The van der Waals surface area contributed by atoms with Crippen LogP contribution in [0.3, 0.4) is 0 Å². The zero-order valence-corrected chi connectivity index (χ0v) is 37.7. The van der Waals surface area contributed by atoms with Gasteiger partial charge in [-0.1, -0.05) is 167 Å². The fourth-order valence-electron chi connectivity index (χ4n) is 7.11. The van der Waals surface area contributed by atoms with Gasteiger partial charge in [-0.2, -0.15) is 8.42 Å². The van der Waals surface area contributed by atoms with E-state index in [2.05, 4.69) is 32.1 Å². The molecule has 1 rings (SSSR count). The maximum Gasteiger partial charge on any atom is 0.306 e. The number of rotatable bonds is 39. The third-order valence-electron chi connectivity index (χ3n) is 10.8. The van der Waals surface area contributed by atoms with E-state index in [9.17, 15) is 37.9 Å². The maximum atomic E-state index is 12.8. The predicted octanol–water partition coefficient (Wildman–Crippen LogP) is 9.62. The van der Waals surface area contributed by atoms with E-state index in [1.165, 1.54) is 116 Å². The number of hydrogen-bond donors (Lipinski definition) is 4. The van der Waals surface area contributed by atoms with Crippen LogP contribution in [0.4, 0.5) is 0 Å². The Balaban J connectivity index is 2.37. The van der Waals surface area contributed by atoms with Gasteiger partial charge in [-0.15, -0.1) is 0 Å². The highest BCUT2D eigenvalue weighted by Crippen LogP contribution is 2.24. The molecule has 1 aliphatic rings. The summed E-state index contributed by atoms with van der Waals surface area (Å²) in [5, 5.41) is 30.8. The predicted molar refractivity (Wildman–Crippen MR) is 233 cm³/mol. The van der Waals surface area contributed by atoms with Crippen molar-refractivity contribution in [3.8, 4) is 0 Å². The summed E-state index contributed by atoms with van der Waals surface area (Å²) in [6, 6.07) is 0. The van der Waals surface area contributed by atoms with E-state index in [-0.39, 0.29) is 19.4 Å². The standard InChI is InChI=1S/C46H84O12S/c1-3-5-7-9-11-13-14-15-16-17-18-19-20-21-22-23-24-25-26-27-29-31-33-35-42(48)57-39(36-55-41(47)34-32-30-28-12-10-8-6-4-2)37-56-46-45(51)44(50)43(49)40(58-46)38-59(52,53)54/h23-24,27,29,39-40,43-46,49-51H,3-22,25-26,28,30-38H2,1-2H3,(H,52,53,54)/b24-23+,29-27+/t39-,40-,43-,44?,45?,46+/m1/s1. The van der Waals surface area contributed by atoms with Crippen LogP contribution in [-0.2, 0) is 38.7 Å². The van der Waals surface area contributed by atoms with Gasteiger partial charge in [0.25, 0.3) is 10.1 Å². The Labute approximate surface area is 358 Å². The van der Waals surface area contributed by atoms with Crippen LogP contribution in [0.15, 0.2) is 24.3 Å². The summed E-state index contributed by atoms with van der Waals surface area (Å²) in [5.41, 5.74) is 0. The molecule has 0 radical (unpaired) electrons. The summed E-state index contributed by atoms with van der Waals surface area (Å²) < 4.78 is 53.9. The average molecular weight is 861 g/mol. The number of esters is 2. The first-order valence-electron chi connectivity index (χ1n) is 23.4. The van der Waals surface area contributed by atoms with E-state index in [0.717, 1.165) is 38.5 Å². The molecule has 0 aromatic rings. The zero-order chi connectivity index (χ0) is 43.4. The lowest BCUT2D eigenvalue weighted by molar-refractivity contribution is -0.297. The van der Waals surface area contributed by atoms with Crippen molar-refractivity contribution in [1.29, 1.82) is 0 Å². The van der Waals surface area contributed by atoms with Crippen LogP contribution in [0.1, 0.15) is 200 Å². The number of carbonyl (C=O) groups excluding carboxylic acids is 2. The van der Waals surface area contributed by atoms with Gasteiger partial charge in [-0.05, 0) is 44.9 Å². The van der Waals surface area contributed by atoms with Crippen molar-refractivity contribution in [3.63, 3.8) is 0 Å². The molecule has 2 unspecified atom stereocenters. The van der Waals surface area contributed by atoms with Gasteiger partial charge in [-0.25, -0.2) is 0 Å². The van der Waals surface area contributed by atoms with Crippen molar-refractivity contribution in [2.75, 3.05) is 19.0 Å². The molecule has 0 amide bonds. The van der Waals surface area contributed by atoms with E-state index in [1.807, 2.05) is 6.08 Å². The van der Waals surface area contributed by atoms with Gasteiger partial charge in [0, 0.05) is 12.8 Å². The Bertz CT molecular complexity index is 1190. The summed E-state index contributed by atoms with van der Waals surface area (Å²) in [5.74, 6) is -2.04. The highest BCUT2D eigenvalue weighted by Gasteiger charge is 2.46. The molecule has 1 heterocycles. The van der Waals surface area contributed by atoms with E-state index in [1.54, 1.807) is 0 Å². The van der Waals surface area contributed by atoms with Crippen molar-refractivity contribution < 1.29 is 56.8 Å². The van der Waals surface area contributed by atoms with Crippen LogP contribution in [0.25, 0.3) is 0 Å². The molecule has 12 nitrogen and oxygen atoms in total. The molecule has 13 heteroatoms. The highest BCUT2D eigenvalue weighted by molar-refractivity contribution is 7.85. The lowest BCUT2D eigenvalue weighted by atomic mass is 10.00. The zero-order valence-electron chi connectivity index (χ0n) is 36.9. The van der Waals surface area contributed by atoms with Gasteiger partial charge in [0.2, 0.25) is 0 Å². The van der Waals surface area contributed by atoms with Gasteiger partial charge in [0.15, 0.2) is 12.4 Å². The van der Waals surface area contributed by atoms with Crippen LogP contribution in [-0.4, -0.2) is 96.0 Å². The lowest BCUT2D eigenvalue weighted by Crippen LogP contribution is -2.60. The van der Waals surface area contributed by atoms with Crippen LogP contribution in [0.2, 0.25) is 0 Å². The summed E-state index contributed by atoms with van der Waals surface area (Å²) in [4.78, 5) is 25.3. The van der Waals surface area contributed by atoms with Crippen molar-refractivity contribution in [1.82, 2.24) is 0 Å². The average Bonchev–Trinajstić information content (AvgIpc) is 3.20. The SMILES string of the molecule is CCCCCCCCCCCCCCCC/C=C/CC/C=C/CCCC(=O)O[C@H](COC(=O)CCCCCCCCCC)CO[C@H]1O[C@H](CS(=O)(=O)O)[C@@H](O)C(O)C1O. The van der Waals surface area contributed by atoms with Gasteiger partial charge >= 0.3 is 11.9 Å². The monoisotopic (exact) mass is 861 g/mol. The second-order valence-electron chi connectivity index (χ2n) is 16.4. The van der Waals surface area contributed by atoms with Crippen molar-refractivity contribution >= 4 is 22.1 Å². The van der Waals surface area contributed by atoms with E-state index >= 15 is 0 Å². The minimum atomic E-state index is -4.60. The molecule has 0 aromatic heterocycles. The van der Waals surface area contributed by atoms with E-state index in [0.29, 0.717) is 19.3 Å². The summed E-state index contributed by atoms with van der Waals surface area (Å²) >= 11 is 0. The minimum absolute atomic E-state index is 0.107.